The third kappa shape index (κ3) is 14.4. The molecule has 1 aliphatic rings. The Labute approximate surface area is 220 Å². The number of hydrogen-bond acceptors (Lipinski definition) is 6. The first kappa shape index (κ1) is 32.0. The van der Waals surface area contributed by atoms with Crippen molar-refractivity contribution < 1.29 is 29.4 Å². The van der Waals surface area contributed by atoms with Gasteiger partial charge in [0.1, 0.15) is 12.1 Å². The zero-order valence-electron chi connectivity index (χ0n) is 22.2. The molecule has 1 heterocycles. The summed E-state index contributed by atoms with van der Waals surface area (Å²) in [5, 5.41) is 30.7. The zero-order valence-corrected chi connectivity index (χ0v) is 22.2. The van der Waals surface area contributed by atoms with E-state index in [-0.39, 0.29) is 25.3 Å². The summed E-state index contributed by atoms with van der Waals surface area (Å²) in [6.45, 7) is 5.40. The SMILES string of the molecule is CCCCCCC/C=C/C=C/C(=O)N[C@H](C(=O)N[C@H]1C[C@@H](O)CCNC(=O)/C=C/C(C)NC1=O)[C@@H](C)O. The first-order chi connectivity index (χ1) is 17.6. The minimum atomic E-state index is -1.30. The Morgan fingerprint density at radius 2 is 1.92 bits per heavy atom. The van der Waals surface area contributed by atoms with Crippen LogP contribution in [0, 0.1) is 0 Å². The van der Waals surface area contributed by atoms with Gasteiger partial charge >= 0.3 is 0 Å². The van der Waals surface area contributed by atoms with Crippen LogP contribution in [0.3, 0.4) is 0 Å². The van der Waals surface area contributed by atoms with Crippen molar-refractivity contribution in [3.05, 3.63) is 36.5 Å². The van der Waals surface area contributed by atoms with Gasteiger partial charge in [-0.3, -0.25) is 19.2 Å². The zero-order chi connectivity index (χ0) is 27.6. The van der Waals surface area contributed by atoms with Gasteiger partial charge in [-0.2, -0.15) is 0 Å². The summed E-state index contributed by atoms with van der Waals surface area (Å²) in [5.41, 5.74) is 0. The van der Waals surface area contributed by atoms with Crippen molar-refractivity contribution in [1.82, 2.24) is 21.3 Å². The number of rotatable bonds is 12. The highest BCUT2D eigenvalue weighted by atomic mass is 16.3. The van der Waals surface area contributed by atoms with Crippen LogP contribution in [0.2, 0.25) is 0 Å². The fourth-order valence-electron chi connectivity index (χ4n) is 3.70. The van der Waals surface area contributed by atoms with Crippen LogP contribution in [0.5, 0.6) is 0 Å². The van der Waals surface area contributed by atoms with Gasteiger partial charge in [0.25, 0.3) is 0 Å². The number of carbonyl (C=O) groups is 4. The van der Waals surface area contributed by atoms with Crippen molar-refractivity contribution in [2.75, 3.05) is 6.54 Å². The molecule has 0 spiro atoms. The average molecular weight is 521 g/mol. The second-order valence-electron chi connectivity index (χ2n) is 9.40. The number of amides is 4. The highest BCUT2D eigenvalue weighted by molar-refractivity contribution is 5.95. The van der Waals surface area contributed by atoms with Crippen LogP contribution in [-0.4, -0.2) is 70.7 Å². The van der Waals surface area contributed by atoms with Crippen molar-refractivity contribution >= 4 is 23.6 Å². The van der Waals surface area contributed by atoms with E-state index in [1.54, 1.807) is 19.1 Å². The Kier molecular flexibility index (Phi) is 15.8. The third-order valence-corrected chi connectivity index (χ3v) is 5.86. The van der Waals surface area contributed by atoms with Gasteiger partial charge in [0.05, 0.1) is 12.2 Å². The summed E-state index contributed by atoms with van der Waals surface area (Å²) in [6, 6.07) is -2.92. The molecule has 208 valence electrons. The van der Waals surface area contributed by atoms with E-state index in [1.807, 2.05) is 6.08 Å². The molecular formula is C27H44N4O6. The molecule has 0 saturated carbocycles. The normalized spacial score (nSPS) is 23.9. The molecule has 1 aliphatic heterocycles. The standard InChI is InChI=1S/C27H44N4O6/c1-4-5-6-7-8-9-10-11-12-13-24(35)31-25(20(3)32)27(37)30-22-18-21(33)16-17-28-23(34)15-14-19(2)29-26(22)36/h10-15,19-22,25,32-33H,4-9,16-18H2,1-3H3,(H,28,34)(H,29,36)(H,30,37)(H,31,35)/b11-10+,13-12+,15-14+/t19?,20-,21+,22+,25+/m1/s1. The molecule has 0 aromatic heterocycles. The van der Waals surface area contributed by atoms with Gasteiger partial charge in [-0.15, -0.1) is 0 Å². The van der Waals surface area contributed by atoms with Gasteiger partial charge in [-0.25, -0.2) is 0 Å². The highest BCUT2D eigenvalue weighted by Gasteiger charge is 2.31. The van der Waals surface area contributed by atoms with E-state index < -0.39 is 48.1 Å². The third-order valence-electron chi connectivity index (χ3n) is 5.86. The summed E-state index contributed by atoms with van der Waals surface area (Å²) >= 11 is 0. The molecule has 5 atom stereocenters. The maximum Gasteiger partial charge on any atom is 0.245 e. The van der Waals surface area contributed by atoms with E-state index in [2.05, 4.69) is 28.2 Å². The van der Waals surface area contributed by atoms with Crippen molar-refractivity contribution in [1.29, 1.82) is 0 Å². The summed E-state index contributed by atoms with van der Waals surface area (Å²) in [7, 11) is 0. The Morgan fingerprint density at radius 1 is 1.19 bits per heavy atom. The van der Waals surface area contributed by atoms with Crippen LogP contribution in [0.15, 0.2) is 36.5 Å². The van der Waals surface area contributed by atoms with E-state index in [4.69, 9.17) is 0 Å². The molecule has 0 aromatic rings. The Hall–Kier alpha value is -2.98. The smallest absolute Gasteiger partial charge is 0.245 e. The number of aliphatic hydroxyl groups excluding tert-OH is 2. The van der Waals surface area contributed by atoms with Crippen LogP contribution in [0.25, 0.3) is 0 Å². The Bertz CT molecular complexity index is 824. The molecule has 0 bridgehead atoms. The number of nitrogens with one attached hydrogen (secondary N) is 4. The molecule has 1 unspecified atom stereocenters. The van der Waals surface area contributed by atoms with Gasteiger partial charge in [0.15, 0.2) is 0 Å². The van der Waals surface area contributed by atoms with Gasteiger partial charge < -0.3 is 31.5 Å². The monoisotopic (exact) mass is 520 g/mol. The van der Waals surface area contributed by atoms with Crippen molar-refractivity contribution in [2.24, 2.45) is 0 Å². The number of allylic oxidation sites excluding steroid dienone is 3. The van der Waals surface area contributed by atoms with Gasteiger partial charge in [0, 0.05) is 31.2 Å². The minimum Gasteiger partial charge on any atom is -0.393 e. The summed E-state index contributed by atoms with van der Waals surface area (Å²) < 4.78 is 0. The molecule has 0 aliphatic carbocycles. The lowest BCUT2D eigenvalue weighted by molar-refractivity contribution is -0.134. The molecule has 37 heavy (non-hydrogen) atoms. The number of unbranched alkanes of at least 4 members (excludes halogenated alkanes) is 5. The summed E-state index contributed by atoms with van der Waals surface area (Å²) in [6.07, 6.45) is 14.1. The van der Waals surface area contributed by atoms with E-state index >= 15 is 0 Å². The van der Waals surface area contributed by atoms with E-state index in [1.165, 1.54) is 50.8 Å². The molecule has 1 rings (SSSR count). The molecule has 10 heteroatoms. The molecule has 0 fully saturated rings. The van der Waals surface area contributed by atoms with Gasteiger partial charge in [-0.05, 0) is 33.1 Å². The van der Waals surface area contributed by atoms with E-state index in [9.17, 15) is 29.4 Å². The van der Waals surface area contributed by atoms with Gasteiger partial charge in [-0.1, -0.05) is 56.9 Å². The highest BCUT2D eigenvalue weighted by Crippen LogP contribution is 2.07. The minimum absolute atomic E-state index is 0.104. The summed E-state index contributed by atoms with van der Waals surface area (Å²) in [5.74, 6) is -2.20. The summed E-state index contributed by atoms with van der Waals surface area (Å²) in [4.78, 5) is 49.7. The largest absolute Gasteiger partial charge is 0.393 e. The van der Waals surface area contributed by atoms with Crippen LogP contribution in [-0.2, 0) is 19.2 Å². The maximum atomic E-state index is 12.9. The lowest BCUT2D eigenvalue weighted by atomic mass is 10.0. The molecule has 0 aromatic carbocycles. The Balaban J connectivity index is 2.73. The molecular weight excluding hydrogens is 476 g/mol. The Morgan fingerprint density at radius 3 is 2.62 bits per heavy atom. The lowest BCUT2D eigenvalue weighted by Gasteiger charge is -2.26. The molecule has 10 nitrogen and oxygen atoms in total. The predicted octanol–water partition coefficient (Wildman–Crippen LogP) is 1.14. The van der Waals surface area contributed by atoms with Crippen LogP contribution >= 0.6 is 0 Å². The molecule has 6 N–H and O–H groups in total. The molecule has 4 amide bonds. The topological polar surface area (TPSA) is 157 Å². The number of carbonyl (C=O) groups excluding carboxylic acids is 4. The second kappa shape index (κ2) is 18.3. The fourth-order valence-corrected chi connectivity index (χ4v) is 3.70. The maximum absolute atomic E-state index is 12.9. The second-order valence-corrected chi connectivity index (χ2v) is 9.40. The van der Waals surface area contributed by atoms with E-state index in [0.29, 0.717) is 0 Å². The number of aliphatic hydroxyl groups is 2. The van der Waals surface area contributed by atoms with Crippen molar-refractivity contribution in [3.8, 4) is 0 Å². The lowest BCUT2D eigenvalue weighted by Crippen LogP contribution is -2.58. The number of hydrogen-bond donors (Lipinski definition) is 6. The van der Waals surface area contributed by atoms with Crippen molar-refractivity contribution in [2.45, 2.75) is 102 Å². The first-order valence-corrected chi connectivity index (χ1v) is 13.2. The van der Waals surface area contributed by atoms with Crippen LogP contribution in [0.4, 0.5) is 0 Å². The van der Waals surface area contributed by atoms with Crippen molar-refractivity contribution in [3.63, 3.8) is 0 Å². The van der Waals surface area contributed by atoms with E-state index in [0.717, 1.165) is 12.8 Å². The fraction of sp³-hybridized carbons (Fsp3) is 0.630. The van der Waals surface area contributed by atoms with Gasteiger partial charge in [0.2, 0.25) is 23.6 Å². The predicted molar refractivity (Wildman–Crippen MR) is 142 cm³/mol. The molecule has 0 saturated heterocycles. The first-order valence-electron chi connectivity index (χ1n) is 13.2. The quantitative estimate of drug-likeness (QED) is 0.129. The van der Waals surface area contributed by atoms with Crippen LogP contribution < -0.4 is 21.3 Å². The average Bonchev–Trinajstić information content (AvgIpc) is 2.83. The van der Waals surface area contributed by atoms with Crippen LogP contribution in [0.1, 0.15) is 72.1 Å². The molecule has 0 radical (unpaired) electrons.